The number of aromatic nitrogens is 4. The van der Waals surface area contributed by atoms with Gasteiger partial charge in [-0.05, 0) is 34.3 Å². The molecular formula is C31H46ClN5O7Si2. The van der Waals surface area contributed by atoms with Crippen molar-refractivity contribution in [3.8, 4) is 0 Å². The third kappa shape index (κ3) is 5.96. The van der Waals surface area contributed by atoms with Crippen molar-refractivity contribution in [1.29, 1.82) is 0 Å². The predicted octanol–water partition coefficient (Wildman–Crippen LogP) is 5.70. The van der Waals surface area contributed by atoms with Crippen LogP contribution in [0.15, 0.2) is 36.7 Å². The van der Waals surface area contributed by atoms with E-state index < -0.39 is 47.1 Å². The molecule has 2 fully saturated rings. The van der Waals surface area contributed by atoms with Crippen LogP contribution in [0.2, 0.25) is 27.3 Å². The Kier molecular flexibility index (Phi) is 10.1. The lowest BCUT2D eigenvalue weighted by Gasteiger charge is -2.52. The van der Waals surface area contributed by atoms with E-state index in [1.54, 1.807) is 28.8 Å². The highest BCUT2D eigenvalue weighted by Gasteiger charge is 2.65. The number of hydrogen-bond acceptors (Lipinski definition) is 10. The quantitative estimate of drug-likeness (QED) is 0.188. The van der Waals surface area contributed by atoms with Crippen molar-refractivity contribution in [1.82, 2.24) is 19.5 Å². The van der Waals surface area contributed by atoms with Gasteiger partial charge in [-0.15, -0.1) is 0 Å². The van der Waals surface area contributed by atoms with Crippen molar-refractivity contribution in [2.45, 2.75) is 108 Å². The number of ether oxygens (including phenoxy) is 1. The number of carbonyl (C=O) groups excluding carboxylic acids is 1. The Bertz CT molecular complexity index is 1530. The highest BCUT2D eigenvalue weighted by atomic mass is 35.5. The number of hydrogen-bond donors (Lipinski definition) is 3. The van der Waals surface area contributed by atoms with Gasteiger partial charge < -0.3 is 27.9 Å². The topological polar surface area (TPSA) is 150 Å². The number of anilines is 1. The molecule has 15 heteroatoms. The minimum absolute atomic E-state index is 0.0190. The van der Waals surface area contributed by atoms with E-state index in [1.165, 1.54) is 6.33 Å². The van der Waals surface area contributed by atoms with Gasteiger partial charge in [0.1, 0.15) is 23.3 Å². The van der Waals surface area contributed by atoms with Crippen LogP contribution in [-0.2, 0) is 17.7 Å². The Morgan fingerprint density at radius 1 is 1.04 bits per heavy atom. The monoisotopic (exact) mass is 691 g/mol. The fraction of sp³-hybridized carbons (Fsp3) is 0.613. The summed E-state index contributed by atoms with van der Waals surface area (Å²) in [6.45, 7) is 16.8. The van der Waals surface area contributed by atoms with E-state index in [0.29, 0.717) is 5.56 Å². The molecule has 5 rings (SSSR count). The minimum atomic E-state index is -3.13. The summed E-state index contributed by atoms with van der Waals surface area (Å²) in [5.41, 5.74) is -0.504. The van der Waals surface area contributed by atoms with Gasteiger partial charge >= 0.3 is 17.1 Å². The first-order chi connectivity index (χ1) is 21.7. The average Bonchev–Trinajstić information content (AvgIpc) is 3.51. The zero-order valence-corrected chi connectivity index (χ0v) is 30.5. The van der Waals surface area contributed by atoms with E-state index in [2.05, 4.69) is 75.7 Å². The van der Waals surface area contributed by atoms with Gasteiger partial charge in [-0.2, -0.15) is 9.97 Å². The number of nitrogens with one attached hydrogen (secondary N) is 1. The lowest BCUT2D eigenvalue weighted by atomic mass is 9.90. The highest BCUT2D eigenvalue weighted by molar-refractivity contribution is 6.84. The lowest BCUT2D eigenvalue weighted by molar-refractivity contribution is -0.116. The summed E-state index contributed by atoms with van der Waals surface area (Å²) in [6, 6.07) is 8.68. The van der Waals surface area contributed by atoms with E-state index in [1.807, 2.05) is 6.07 Å². The molecule has 12 nitrogen and oxygen atoms in total. The van der Waals surface area contributed by atoms with Gasteiger partial charge in [-0.25, -0.2) is 4.98 Å². The van der Waals surface area contributed by atoms with Crippen LogP contribution < -0.4 is 5.32 Å². The van der Waals surface area contributed by atoms with Crippen LogP contribution in [0.3, 0.4) is 0 Å². The van der Waals surface area contributed by atoms with Crippen LogP contribution in [-0.4, -0.2) is 83.8 Å². The van der Waals surface area contributed by atoms with Crippen molar-refractivity contribution < 1.29 is 32.7 Å². The molecule has 0 saturated carbocycles. The Labute approximate surface area is 277 Å². The summed E-state index contributed by atoms with van der Waals surface area (Å²) in [6.07, 6.45) is -1.27. The van der Waals surface area contributed by atoms with Crippen molar-refractivity contribution in [2.24, 2.45) is 0 Å². The fourth-order valence-corrected chi connectivity index (χ4v) is 18.3. The molecule has 3 unspecified atom stereocenters. The van der Waals surface area contributed by atoms with Crippen molar-refractivity contribution >= 4 is 51.7 Å². The number of halogens is 1. The second kappa shape index (κ2) is 13.3. The maximum Gasteiger partial charge on any atom is 0.335 e. The van der Waals surface area contributed by atoms with Gasteiger partial charge in [0.25, 0.3) is 5.91 Å². The summed E-state index contributed by atoms with van der Waals surface area (Å²) in [7, 11) is -5.99. The zero-order chi connectivity index (χ0) is 33.6. The molecular weight excluding hydrogens is 646 g/mol. The Hall–Kier alpha value is -2.28. The van der Waals surface area contributed by atoms with Crippen molar-refractivity contribution in [3.63, 3.8) is 0 Å². The molecule has 46 heavy (non-hydrogen) atoms. The van der Waals surface area contributed by atoms with E-state index in [0.717, 1.165) is 0 Å². The molecule has 0 spiro atoms. The molecule has 4 heterocycles. The van der Waals surface area contributed by atoms with E-state index >= 15 is 0 Å². The molecule has 2 aromatic heterocycles. The number of imidazole rings is 1. The van der Waals surface area contributed by atoms with Crippen LogP contribution in [0.25, 0.3) is 11.2 Å². The van der Waals surface area contributed by atoms with E-state index in [-0.39, 0.29) is 64.1 Å². The molecule has 1 amide bonds. The van der Waals surface area contributed by atoms with Gasteiger partial charge in [0.05, 0.1) is 12.9 Å². The van der Waals surface area contributed by atoms with E-state index in [9.17, 15) is 15.0 Å². The Balaban J connectivity index is 1.60. The molecule has 2 aliphatic heterocycles. The van der Waals surface area contributed by atoms with Crippen LogP contribution in [0.5, 0.6) is 0 Å². The number of aliphatic hydroxyl groups is 2. The number of carbonyl (C=O) groups is 1. The molecule has 252 valence electrons. The second-order valence-corrected chi connectivity index (χ2v) is 22.7. The van der Waals surface area contributed by atoms with Crippen LogP contribution >= 0.6 is 11.6 Å². The number of fused-ring (bicyclic) bond motifs is 2. The van der Waals surface area contributed by atoms with Crippen molar-refractivity contribution in [2.75, 3.05) is 18.5 Å². The predicted molar refractivity (Wildman–Crippen MR) is 179 cm³/mol. The van der Waals surface area contributed by atoms with Gasteiger partial charge in [0, 0.05) is 18.6 Å². The molecule has 0 bridgehead atoms. The average molecular weight is 692 g/mol. The minimum Gasteiger partial charge on any atom is -0.414 e. The normalized spacial score (nSPS) is 26.1. The van der Waals surface area contributed by atoms with Crippen molar-refractivity contribution in [3.05, 3.63) is 47.4 Å². The standard InChI is InChI=1S/C31H46ClN5O7Si2/c1-18(2)45(19(3)4)41-16-23-25(43-46(44-45,20(5)6)21(7)8)31(40,14-15-38)29(42-23)37-17-33-24-26(32)34-30(35-27(24)37)36-28(39)22-12-10-9-11-13-22/h9-13,17-21,23,25,29,38,40H,14-16H2,1-8H3,(H,34,35,36,39)/t23?,25?,29?,31-/m1/s1. The first-order valence-electron chi connectivity index (χ1n) is 16.0. The largest absolute Gasteiger partial charge is 0.414 e. The summed E-state index contributed by atoms with van der Waals surface area (Å²) in [5, 5.41) is 25.6. The summed E-state index contributed by atoms with van der Waals surface area (Å²) < 4.78 is 29.6. The van der Waals surface area contributed by atoms with Crippen LogP contribution in [0, 0.1) is 0 Å². The lowest BCUT2D eigenvalue weighted by Crippen LogP contribution is -2.67. The first-order valence-corrected chi connectivity index (χ1v) is 20.3. The van der Waals surface area contributed by atoms with Gasteiger partial charge in [0.2, 0.25) is 5.95 Å². The smallest absolute Gasteiger partial charge is 0.335 e. The summed E-state index contributed by atoms with van der Waals surface area (Å²) >= 11 is 6.53. The summed E-state index contributed by atoms with van der Waals surface area (Å²) in [5.74, 6) is -0.446. The molecule has 1 aromatic carbocycles. The third-order valence-electron chi connectivity index (χ3n) is 9.29. The number of benzene rings is 1. The van der Waals surface area contributed by atoms with Crippen LogP contribution in [0.1, 0.15) is 78.4 Å². The highest BCUT2D eigenvalue weighted by Crippen LogP contribution is 2.51. The second-order valence-electron chi connectivity index (χ2n) is 13.5. The molecule has 0 radical (unpaired) electrons. The maximum atomic E-state index is 12.9. The molecule has 0 aliphatic carbocycles. The Morgan fingerprint density at radius 2 is 1.67 bits per heavy atom. The number of rotatable bonds is 9. The maximum absolute atomic E-state index is 12.9. The van der Waals surface area contributed by atoms with E-state index in [4.69, 9.17) is 29.3 Å². The first kappa shape index (κ1) is 35.0. The molecule has 3 aromatic rings. The van der Waals surface area contributed by atoms with Gasteiger partial charge in [-0.3, -0.25) is 14.7 Å². The number of nitrogens with zero attached hydrogens (tertiary/aromatic N) is 4. The molecule has 4 atom stereocenters. The molecule has 2 saturated heterocycles. The number of amides is 1. The zero-order valence-electron chi connectivity index (χ0n) is 27.7. The van der Waals surface area contributed by atoms with Gasteiger partial charge in [0.15, 0.2) is 17.0 Å². The summed E-state index contributed by atoms with van der Waals surface area (Å²) in [4.78, 5) is 26.1. The fourth-order valence-electron chi connectivity index (χ4n) is 6.87. The van der Waals surface area contributed by atoms with Gasteiger partial charge in [-0.1, -0.05) is 85.2 Å². The SMILES string of the molecule is CC(C)[Si]1(C(C)C)OCC2OC(n3cnc4c(Cl)nc(NC(=O)c5ccccc5)nc43)[C@@](O)(CCO)C2O[Si](C(C)C)(C(C)C)O1. The van der Waals surface area contributed by atoms with Crippen LogP contribution in [0.4, 0.5) is 5.95 Å². The Morgan fingerprint density at radius 3 is 2.26 bits per heavy atom. The third-order valence-corrected chi connectivity index (χ3v) is 19.8. The molecule has 3 N–H and O–H groups in total. The number of aliphatic hydroxyl groups excluding tert-OH is 1. The molecule has 2 aliphatic rings.